The molecule has 1 spiro atoms. The second-order valence-corrected chi connectivity index (χ2v) is 8.10. The third-order valence-electron chi connectivity index (χ3n) is 5.77. The summed E-state index contributed by atoms with van der Waals surface area (Å²) in [6.45, 7) is 4.07. The molecule has 26 heavy (non-hydrogen) atoms. The number of imide groups is 1. The Morgan fingerprint density at radius 3 is 2.65 bits per heavy atom. The molecule has 4 rings (SSSR count). The molecule has 0 saturated carbocycles. The fraction of sp³-hybridized carbons (Fsp3) is 0.350. The molecule has 5 nitrogen and oxygen atoms in total. The largest absolute Gasteiger partial charge is 0.325 e. The minimum atomic E-state index is -1.07. The standard InChI is InChI=1S/C20H20ClN3O2/c1-19(2)8-7-13-11-22-16(12-5-4-6-14(21)9-12)10-15(13)20(19)17(25)24(3)18(26)23-20/h4-6,9-11H,7-8H2,1-3H3,(H,23,26). The lowest BCUT2D eigenvalue weighted by Gasteiger charge is -2.46. The molecular formula is C20H20ClN3O2. The Morgan fingerprint density at radius 2 is 2.00 bits per heavy atom. The summed E-state index contributed by atoms with van der Waals surface area (Å²) in [7, 11) is 1.52. The first-order chi connectivity index (χ1) is 12.3. The van der Waals surface area contributed by atoms with Crippen molar-refractivity contribution in [3.63, 3.8) is 0 Å². The van der Waals surface area contributed by atoms with E-state index in [0.717, 1.165) is 35.2 Å². The van der Waals surface area contributed by atoms with E-state index in [4.69, 9.17) is 11.6 Å². The van der Waals surface area contributed by atoms with Gasteiger partial charge in [-0.3, -0.25) is 14.7 Å². The monoisotopic (exact) mass is 369 g/mol. The van der Waals surface area contributed by atoms with Gasteiger partial charge in [-0.2, -0.15) is 0 Å². The van der Waals surface area contributed by atoms with Crippen molar-refractivity contribution in [3.8, 4) is 11.3 Å². The van der Waals surface area contributed by atoms with Crippen LogP contribution in [0.1, 0.15) is 31.4 Å². The average molecular weight is 370 g/mol. The summed E-state index contributed by atoms with van der Waals surface area (Å²) in [5.74, 6) is -0.211. The topological polar surface area (TPSA) is 62.3 Å². The predicted octanol–water partition coefficient (Wildman–Crippen LogP) is 3.75. The van der Waals surface area contributed by atoms with Crippen molar-refractivity contribution < 1.29 is 9.59 Å². The highest BCUT2D eigenvalue weighted by atomic mass is 35.5. The van der Waals surface area contributed by atoms with Gasteiger partial charge in [0.05, 0.1) is 5.69 Å². The van der Waals surface area contributed by atoms with Crippen molar-refractivity contribution in [3.05, 3.63) is 52.7 Å². The molecule has 134 valence electrons. The number of amides is 3. The molecule has 1 aromatic heterocycles. The van der Waals surface area contributed by atoms with E-state index in [2.05, 4.69) is 10.3 Å². The minimum Gasteiger partial charge on any atom is -0.319 e. The molecule has 2 aliphatic rings. The number of likely N-dealkylation sites (N-methyl/N-ethyl adjacent to an activating group) is 1. The Labute approximate surface area is 157 Å². The van der Waals surface area contributed by atoms with Crippen LogP contribution < -0.4 is 5.32 Å². The second-order valence-electron chi connectivity index (χ2n) is 7.67. The Morgan fingerprint density at radius 1 is 1.23 bits per heavy atom. The number of hydrogen-bond acceptors (Lipinski definition) is 3. The van der Waals surface area contributed by atoms with Gasteiger partial charge in [0, 0.05) is 29.2 Å². The summed E-state index contributed by atoms with van der Waals surface area (Å²) in [5.41, 5.74) is 1.97. The molecule has 1 saturated heterocycles. The fourth-order valence-corrected chi connectivity index (χ4v) is 4.31. The first-order valence-electron chi connectivity index (χ1n) is 8.62. The summed E-state index contributed by atoms with van der Waals surface area (Å²) < 4.78 is 0. The minimum absolute atomic E-state index is 0.211. The van der Waals surface area contributed by atoms with Gasteiger partial charge in [-0.25, -0.2) is 4.79 Å². The number of pyridine rings is 1. The van der Waals surface area contributed by atoms with Gasteiger partial charge in [0.25, 0.3) is 5.91 Å². The third-order valence-corrected chi connectivity index (χ3v) is 6.00. The van der Waals surface area contributed by atoms with Crippen molar-refractivity contribution in [2.45, 2.75) is 32.2 Å². The highest BCUT2D eigenvalue weighted by Gasteiger charge is 2.61. The van der Waals surface area contributed by atoms with E-state index >= 15 is 0 Å². The molecule has 3 amide bonds. The van der Waals surface area contributed by atoms with Gasteiger partial charge in [-0.15, -0.1) is 0 Å². The highest BCUT2D eigenvalue weighted by molar-refractivity contribution is 6.30. The molecule has 1 unspecified atom stereocenters. The van der Waals surface area contributed by atoms with Crippen LogP contribution in [0.15, 0.2) is 36.5 Å². The normalized spacial score (nSPS) is 23.9. The van der Waals surface area contributed by atoms with Gasteiger partial charge in [-0.1, -0.05) is 37.6 Å². The van der Waals surface area contributed by atoms with Crippen molar-refractivity contribution in [2.24, 2.45) is 5.41 Å². The molecule has 2 heterocycles. The van der Waals surface area contributed by atoms with Gasteiger partial charge in [-0.05, 0) is 42.2 Å². The number of halogens is 1. The summed E-state index contributed by atoms with van der Waals surface area (Å²) in [6.07, 6.45) is 3.43. The van der Waals surface area contributed by atoms with Crippen LogP contribution in [0.3, 0.4) is 0 Å². The van der Waals surface area contributed by atoms with Gasteiger partial charge in [0.2, 0.25) is 0 Å². The number of benzene rings is 1. The Bertz CT molecular complexity index is 940. The summed E-state index contributed by atoms with van der Waals surface area (Å²) in [4.78, 5) is 31.2. The van der Waals surface area contributed by atoms with Gasteiger partial charge in [0.1, 0.15) is 0 Å². The van der Waals surface area contributed by atoms with E-state index in [9.17, 15) is 9.59 Å². The predicted molar refractivity (Wildman–Crippen MR) is 99.8 cm³/mol. The Hall–Kier alpha value is -2.40. The van der Waals surface area contributed by atoms with Crippen LogP contribution in [-0.2, 0) is 16.8 Å². The van der Waals surface area contributed by atoms with Crippen LogP contribution in [0.2, 0.25) is 5.02 Å². The zero-order chi connectivity index (χ0) is 18.7. The van der Waals surface area contributed by atoms with Crippen LogP contribution in [0, 0.1) is 5.41 Å². The molecule has 0 radical (unpaired) electrons. The second kappa shape index (κ2) is 5.55. The van der Waals surface area contributed by atoms with E-state index in [-0.39, 0.29) is 11.9 Å². The lowest BCUT2D eigenvalue weighted by molar-refractivity contribution is -0.135. The molecule has 1 atom stereocenters. The zero-order valence-electron chi connectivity index (χ0n) is 15.0. The van der Waals surface area contributed by atoms with Crippen molar-refractivity contribution in [2.75, 3.05) is 7.05 Å². The molecule has 2 aromatic rings. The zero-order valence-corrected chi connectivity index (χ0v) is 15.7. The average Bonchev–Trinajstić information content (AvgIpc) is 2.84. The number of carbonyl (C=O) groups excluding carboxylic acids is 2. The van der Waals surface area contributed by atoms with E-state index in [1.165, 1.54) is 11.9 Å². The van der Waals surface area contributed by atoms with Crippen LogP contribution in [0.25, 0.3) is 11.3 Å². The first kappa shape index (κ1) is 17.0. The van der Waals surface area contributed by atoms with Gasteiger partial charge in [0.15, 0.2) is 5.54 Å². The number of nitrogens with zero attached hydrogens (tertiary/aromatic N) is 2. The Balaban J connectivity index is 1.95. The van der Waals surface area contributed by atoms with E-state index in [0.29, 0.717) is 5.02 Å². The lowest BCUT2D eigenvalue weighted by atomic mass is 9.60. The van der Waals surface area contributed by atoms with E-state index in [1.807, 2.05) is 50.4 Å². The molecule has 1 fully saturated rings. The summed E-state index contributed by atoms with van der Waals surface area (Å²) in [6, 6.07) is 9.02. The number of aromatic nitrogens is 1. The first-order valence-corrected chi connectivity index (χ1v) is 9.00. The fourth-order valence-electron chi connectivity index (χ4n) is 4.12. The third kappa shape index (κ3) is 2.20. The van der Waals surface area contributed by atoms with Gasteiger partial charge >= 0.3 is 6.03 Å². The molecule has 6 heteroatoms. The molecule has 0 bridgehead atoms. The van der Waals surface area contributed by atoms with E-state index in [1.54, 1.807) is 0 Å². The summed E-state index contributed by atoms with van der Waals surface area (Å²) in [5, 5.41) is 3.62. The van der Waals surface area contributed by atoms with Gasteiger partial charge < -0.3 is 5.32 Å². The summed E-state index contributed by atoms with van der Waals surface area (Å²) >= 11 is 6.12. The highest BCUT2D eigenvalue weighted by Crippen LogP contribution is 2.51. The SMILES string of the molecule is CN1C(=O)NC2(C1=O)c1cc(-c3cccc(Cl)c3)ncc1CCC2(C)C. The molecule has 1 N–H and O–H groups in total. The number of aryl methyl sites for hydroxylation is 1. The van der Waals surface area contributed by atoms with Crippen LogP contribution in [-0.4, -0.2) is 28.9 Å². The van der Waals surface area contributed by atoms with Crippen LogP contribution in [0.5, 0.6) is 0 Å². The number of hydrogen-bond donors (Lipinski definition) is 1. The molecule has 1 aliphatic carbocycles. The molecule has 1 aromatic carbocycles. The lowest BCUT2D eigenvalue weighted by Crippen LogP contribution is -2.57. The number of nitrogens with one attached hydrogen (secondary N) is 1. The smallest absolute Gasteiger partial charge is 0.319 e. The number of urea groups is 1. The Kier molecular flexibility index (Phi) is 3.63. The number of rotatable bonds is 1. The maximum Gasteiger partial charge on any atom is 0.325 e. The van der Waals surface area contributed by atoms with Crippen molar-refractivity contribution in [1.29, 1.82) is 0 Å². The molecule has 1 aliphatic heterocycles. The van der Waals surface area contributed by atoms with Crippen LogP contribution >= 0.6 is 11.6 Å². The van der Waals surface area contributed by atoms with E-state index < -0.39 is 11.0 Å². The maximum atomic E-state index is 13.2. The molecular weight excluding hydrogens is 350 g/mol. The van der Waals surface area contributed by atoms with Crippen molar-refractivity contribution in [1.82, 2.24) is 15.2 Å². The number of carbonyl (C=O) groups is 2. The quantitative estimate of drug-likeness (QED) is 0.778. The van der Waals surface area contributed by atoms with Crippen molar-refractivity contribution >= 4 is 23.5 Å². The number of fused-ring (bicyclic) bond motifs is 2. The maximum absolute atomic E-state index is 13.2. The van der Waals surface area contributed by atoms with Crippen LogP contribution in [0.4, 0.5) is 4.79 Å².